The Morgan fingerprint density at radius 3 is 2.25 bits per heavy atom. The highest BCUT2D eigenvalue weighted by Crippen LogP contribution is 2.25. The Morgan fingerprint density at radius 1 is 1.00 bits per heavy atom. The average molecular weight is 424 g/mol. The predicted octanol–water partition coefficient (Wildman–Crippen LogP) is 4.44. The van der Waals surface area contributed by atoms with Crippen LogP contribution in [0.3, 0.4) is 0 Å². The number of thioether (sulfide) groups is 1. The maximum absolute atomic E-state index is 12.5. The Hall–Kier alpha value is -1.40. The van der Waals surface area contributed by atoms with Crippen molar-refractivity contribution in [1.29, 1.82) is 0 Å². The Morgan fingerprint density at radius 2 is 1.61 bits per heavy atom. The van der Waals surface area contributed by atoms with Gasteiger partial charge in [0, 0.05) is 35.1 Å². The summed E-state index contributed by atoms with van der Waals surface area (Å²) in [6, 6.07) is 8.07. The molecule has 1 unspecified atom stereocenters. The number of carbonyl (C=O) groups is 2. The summed E-state index contributed by atoms with van der Waals surface area (Å²) in [6.45, 7) is 3.31. The number of benzene rings is 1. The molecule has 1 heterocycles. The van der Waals surface area contributed by atoms with E-state index in [0.717, 1.165) is 30.6 Å². The minimum absolute atomic E-state index is 0.0463. The van der Waals surface area contributed by atoms with Crippen molar-refractivity contribution in [1.82, 2.24) is 15.5 Å². The first-order valence-electron chi connectivity index (χ1n) is 10.3. The van der Waals surface area contributed by atoms with E-state index in [1.54, 1.807) is 0 Å². The number of nitrogens with zero attached hydrogens (tertiary/aromatic N) is 1. The van der Waals surface area contributed by atoms with E-state index >= 15 is 0 Å². The molecule has 154 valence electrons. The fraction of sp³-hybridized carbons (Fsp3) is 0.619. The minimum Gasteiger partial charge on any atom is -0.352 e. The normalized spacial score (nSPS) is 19.9. The van der Waals surface area contributed by atoms with Gasteiger partial charge < -0.3 is 15.5 Å². The standard InChI is InChI=1S/C21H30ClN3O2S/c1-15(28-19-9-7-16(22)8-10-19)20(26)23-18-11-13-25(14-12-18)21(27)24-17-5-3-2-4-6-17/h7-10,15,17-18H,2-6,11-14H2,1H3,(H,23,26)(H,24,27). The monoisotopic (exact) mass is 423 g/mol. The zero-order valence-electron chi connectivity index (χ0n) is 16.5. The van der Waals surface area contributed by atoms with Gasteiger partial charge in [0.25, 0.3) is 0 Å². The van der Waals surface area contributed by atoms with Gasteiger partial charge >= 0.3 is 6.03 Å². The van der Waals surface area contributed by atoms with Crippen molar-refractivity contribution < 1.29 is 9.59 Å². The molecule has 0 aromatic heterocycles. The molecule has 1 saturated carbocycles. The van der Waals surface area contributed by atoms with Gasteiger partial charge in [-0.1, -0.05) is 30.9 Å². The maximum atomic E-state index is 12.5. The molecule has 1 aliphatic carbocycles. The topological polar surface area (TPSA) is 61.4 Å². The van der Waals surface area contributed by atoms with Crippen LogP contribution >= 0.6 is 23.4 Å². The van der Waals surface area contributed by atoms with Crippen LogP contribution in [0.15, 0.2) is 29.2 Å². The Balaban J connectivity index is 1.38. The number of rotatable bonds is 5. The van der Waals surface area contributed by atoms with Crippen LogP contribution in [-0.2, 0) is 4.79 Å². The molecular weight excluding hydrogens is 394 g/mol. The summed E-state index contributed by atoms with van der Waals surface area (Å²) in [5.41, 5.74) is 0. The van der Waals surface area contributed by atoms with Crippen molar-refractivity contribution in [3.05, 3.63) is 29.3 Å². The second kappa shape index (κ2) is 10.4. The molecule has 1 aliphatic heterocycles. The van der Waals surface area contributed by atoms with Gasteiger partial charge in [-0.05, 0) is 56.9 Å². The summed E-state index contributed by atoms with van der Waals surface area (Å²) in [6.07, 6.45) is 7.52. The Bertz CT molecular complexity index is 656. The minimum atomic E-state index is -0.172. The molecule has 28 heavy (non-hydrogen) atoms. The predicted molar refractivity (Wildman–Crippen MR) is 115 cm³/mol. The first kappa shape index (κ1) is 21.3. The van der Waals surface area contributed by atoms with E-state index in [0.29, 0.717) is 24.2 Å². The van der Waals surface area contributed by atoms with Crippen LogP contribution in [0.5, 0.6) is 0 Å². The Labute approximate surface area is 177 Å². The van der Waals surface area contributed by atoms with Crippen LogP contribution in [0.2, 0.25) is 5.02 Å². The lowest BCUT2D eigenvalue weighted by Gasteiger charge is -2.34. The third-order valence-corrected chi connectivity index (χ3v) is 6.92. The summed E-state index contributed by atoms with van der Waals surface area (Å²) in [7, 11) is 0. The number of halogens is 1. The van der Waals surface area contributed by atoms with E-state index in [9.17, 15) is 9.59 Å². The maximum Gasteiger partial charge on any atom is 0.317 e. The molecule has 1 aromatic carbocycles. The fourth-order valence-corrected chi connectivity index (χ4v) is 4.83. The van der Waals surface area contributed by atoms with Gasteiger partial charge in [0.2, 0.25) is 5.91 Å². The third-order valence-electron chi connectivity index (χ3n) is 5.56. The third kappa shape index (κ3) is 6.31. The van der Waals surface area contributed by atoms with Crippen molar-refractivity contribution in [3.8, 4) is 0 Å². The highest BCUT2D eigenvalue weighted by molar-refractivity contribution is 8.00. The van der Waals surface area contributed by atoms with Crippen LogP contribution in [0.4, 0.5) is 4.79 Å². The molecule has 5 nitrogen and oxygen atoms in total. The van der Waals surface area contributed by atoms with E-state index in [1.807, 2.05) is 36.1 Å². The quantitative estimate of drug-likeness (QED) is 0.688. The molecule has 2 aliphatic rings. The summed E-state index contributed by atoms with van der Waals surface area (Å²) < 4.78 is 0. The van der Waals surface area contributed by atoms with Crippen LogP contribution in [-0.4, -0.2) is 47.3 Å². The molecule has 3 amide bonds. The summed E-state index contributed by atoms with van der Waals surface area (Å²) in [5, 5.41) is 6.85. The second-order valence-corrected chi connectivity index (χ2v) is 9.62. The average Bonchev–Trinajstić information content (AvgIpc) is 2.71. The molecule has 1 saturated heterocycles. The van der Waals surface area contributed by atoms with Gasteiger partial charge in [0.15, 0.2) is 0 Å². The molecule has 0 bridgehead atoms. The van der Waals surface area contributed by atoms with Gasteiger partial charge in [-0.2, -0.15) is 0 Å². The van der Waals surface area contributed by atoms with Crippen molar-refractivity contribution in [2.45, 2.75) is 74.1 Å². The summed E-state index contributed by atoms with van der Waals surface area (Å²) >= 11 is 7.44. The van der Waals surface area contributed by atoms with Crippen LogP contribution in [0.25, 0.3) is 0 Å². The molecule has 1 aromatic rings. The zero-order chi connectivity index (χ0) is 19.9. The molecule has 1 atom stereocenters. The largest absolute Gasteiger partial charge is 0.352 e. The van der Waals surface area contributed by atoms with Gasteiger partial charge in [0.05, 0.1) is 5.25 Å². The van der Waals surface area contributed by atoms with E-state index in [1.165, 1.54) is 31.0 Å². The SMILES string of the molecule is CC(Sc1ccc(Cl)cc1)C(=O)NC1CCN(C(=O)NC2CCCCC2)CC1. The molecule has 7 heteroatoms. The number of carbonyl (C=O) groups excluding carboxylic acids is 2. The van der Waals surface area contributed by atoms with Crippen LogP contribution in [0, 0.1) is 0 Å². The number of piperidine rings is 1. The molecule has 2 N–H and O–H groups in total. The van der Waals surface area contributed by atoms with Crippen molar-refractivity contribution in [2.75, 3.05) is 13.1 Å². The molecule has 3 rings (SSSR count). The van der Waals surface area contributed by atoms with E-state index < -0.39 is 0 Å². The zero-order valence-corrected chi connectivity index (χ0v) is 18.0. The van der Waals surface area contributed by atoms with E-state index in [2.05, 4.69) is 10.6 Å². The molecule has 0 spiro atoms. The lowest BCUT2D eigenvalue weighted by Crippen LogP contribution is -2.52. The van der Waals surface area contributed by atoms with E-state index in [-0.39, 0.29) is 23.2 Å². The number of amides is 3. The molecule has 2 fully saturated rings. The van der Waals surface area contributed by atoms with Gasteiger partial charge in [-0.25, -0.2) is 4.79 Å². The lowest BCUT2D eigenvalue weighted by atomic mass is 9.95. The van der Waals surface area contributed by atoms with Gasteiger partial charge in [-0.3, -0.25) is 4.79 Å². The first-order valence-corrected chi connectivity index (χ1v) is 11.5. The van der Waals surface area contributed by atoms with E-state index in [4.69, 9.17) is 11.6 Å². The molecular formula is C21H30ClN3O2S. The lowest BCUT2D eigenvalue weighted by molar-refractivity contribution is -0.121. The number of likely N-dealkylation sites (tertiary alicyclic amines) is 1. The number of nitrogens with one attached hydrogen (secondary N) is 2. The highest BCUT2D eigenvalue weighted by atomic mass is 35.5. The van der Waals surface area contributed by atoms with Gasteiger partial charge in [-0.15, -0.1) is 11.8 Å². The van der Waals surface area contributed by atoms with Crippen LogP contribution in [0.1, 0.15) is 51.9 Å². The summed E-state index contributed by atoms with van der Waals surface area (Å²) in [4.78, 5) is 27.9. The number of hydrogen-bond donors (Lipinski definition) is 2. The fourth-order valence-electron chi connectivity index (χ4n) is 3.83. The molecule has 0 radical (unpaired) electrons. The van der Waals surface area contributed by atoms with Crippen molar-refractivity contribution in [3.63, 3.8) is 0 Å². The second-order valence-electron chi connectivity index (χ2n) is 7.77. The number of urea groups is 1. The van der Waals surface area contributed by atoms with Crippen LogP contribution < -0.4 is 10.6 Å². The van der Waals surface area contributed by atoms with Gasteiger partial charge in [0.1, 0.15) is 0 Å². The summed E-state index contributed by atoms with van der Waals surface area (Å²) in [5.74, 6) is 0.0463. The van der Waals surface area contributed by atoms with Crippen molar-refractivity contribution in [2.24, 2.45) is 0 Å². The van der Waals surface area contributed by atoms with Crippen molar-refractivity contribution >= 4 is 35.3 Å². The Kier molecular flexibility index (Phi) is 7.91. The first-order chi connectivity index (χ1) is 13.5. The smallest absolute Gasteiger partial charge is 0.317 e. The number of hydrogen-bond acceptors (Lipinski definition) is 3. The highest BCUT2D eigenvalue weighted by Gasteiger charge is 2.27.